The number of hydrogen-bond donors (Lipinski definition) is 1. The molecule has 25 heavy (non-hydrogen) atoms. The van der Waals surface area contributed by atoms with E-state index in [1.54, 1.807) is 24.3 Å². The number of rotatable bonds is 7. The molecule has 1 N–H and O–H groups in total. The van der Waals surface area contributed by atoms with Gasteiger partial charge in [-0.1, -0.05) is 11.6 Å². The predicted molar refractivity (Wildman–Crippen MR) is 95.5 cm³/mol. The average Bonchev–Trinajstić information content (AvgIpc) is 2.57. The number of nitrogens with zero attached hydrogens (tertiary/aromatic N) is 1. The zero-order valence-electron chi connectivity index (χ0n) is 13.6. The smallest absolute Gasteiger partial charge is 0.242 e. The van der Waals surface area contributed by atoms with Crippen LogP contribution in [0.2, 0.25) is 5.02 Å². The molecule has 0 aliphatic rings. The Bertz CT molecular complexity index is 824. The molecule has 1 amide bonds. The molecule has 0 aliphatic heterocycles. The van der Waals surface area contributed by atoms with Gasteiger partial charge in [-0.05, 0) is 55.0 Å². The molecule has 0 heterocycles. The van der Waals surface area contributed by atoms with Crippen molar-refractivity contribution < 1.29 is 17.6 Å². The fraction of sp³-hybridized carbons (Fsp3) is 0.235. The molecule has 0 aromatic heterocycles. The Balaban J connectivity index is 1.84. The molecule has 134 valence electrons. The minimum Gasteiger partial charge on any atom is -0.326 e. The van der Waals surface area contributed by atoms with E-state index in [-0.39, 0.29) is 23.8 Å². The Kier molecular flexibility index (Phi) is 6.52. The maximum absolute atomic E-state index is 12.9. The lowest BCUT2D eigenvalue weighted by molar-refractivity contribution is -0.116. The molecule has 0 aliphatic carbocycles. The van der Waals surface area contributed by atoms with Crippen molar-refractivity contribution in [1.82, 2.24) is 4.31 Å². The molecule has 0 unspecified atom stereocenters. The molecule has 0 bridgehead atoms. The van der Waals surface area contributed by atoms with Crippen LogP contribution in [0.15, 0.2) is 53.4 Å². The largest absolute Gasteiger partial charge is 0.326 e. The SMILES string of the molecule is CN(CCCC(=O)Nc1ccc(Cl)cc1)S(=O)(=O)c1ccc(F)cc1. The van der Waals surface area contributed by atoms with Crippen LogP contribution in [0, 0.1) is 5.82 Å². The van der Waals surface area contributed by atoms with Crippen molar-refractivity contribution in [2.24, 2.45) is 0 Å². The van der Waals surface area contributed by atoms with Gasteiger partial charge in [-0.15, -0.1) is 0 Å². The summed E-state index contributed by atoms with van der Waals surface area (Å²) in [5, 5.41) is 3.29. The van der Waals surface area contributed by atoms with E-state index >= 15 is 0 Å². The highest BCUT2D eigenvalue weighted by Crippen LogP contribution is 2.16. The molecule has 2 aromatic carbocycles. The number of anilines is 1. The van der Waals surface area contributed by atoms with Crippen LogP contribution in [0.5, 0.6) is 0 Å². The summed E-state index contributed by atoms with van der Waals surface area (Å²) in [6.45, 7) is 0.174. The summed E-state index contributed by atoms with van der Waals surface area (Å²) >= 11 is 5.77. The summed E-state index contributed by atoms with van der Waals surface area (Å²) in [4.78, 5) is 11.9. The van der Waals surface area contributed by atoms with Crippen LogP contribution in [0.3, 0.4) is 0 Å². The van der Waals surface area contributed by atoms with Crippen LogP contribution in [-0.2, 0) is 14.8 Å². The molecule has 0 atom stereocenters. The molecule has 0 spiro atoms. The van der Waals surface area contributed by atoms with Gasteiger partial charge in [-0.2, -0.15) is 0 Å². The standard InChI is InChI=1S/C17H18ClFN2O3S/c1-21(25(23,24)16-10-6-14(19)7-11-16)12-2-3-17(22)20-15-8-4-13(18)5-9-15/h4-11H,2-3,12H2,1H3,(H,20,22). The zero-order valence-corrected chi connectivity index (χ0v) is 15.1. The quantitative estimate of drug-likeness (QED) is 0.794. The van der Waals surface area contributed by atoms with Crippen LogP contribution in [0.25, 0.3) is 0 Å². The fourth-order valence-corrected chi connectivity index (χ4v) is 3.46. The molecule has 0 fully saturated rings. The normalized spacial score (nSPS) is 11.5. The van der Waals surface area contributed by atoms with E-state index in [0.29, 0.717) is 17.1 Å². The van der Waals surface area contributed by atoms with E-state index in [1.165, 1.54) is 19.2 Å². The van der Waals surface area contributed by atoms with Crippen LogP contribution in [0.1, 0.15) is 12.8 Å². The first-order chi connectivity index (χ1) is 11.8. The van der Waals surface area contributed by atoms with Gasteiger partial charge in [-0.25, -0.2) is 17.1 Å². The van der Waals surface area contributed by atoms with Crippen molar-refractivity contribution in [3.63, 3.8) is 0 Å². The fourth-order valence-electron chi connectivity index (χ4n) is 2.13. The van der Waals surface area contributed by atoms with Gasteiger partial charge in [0.15, 0.2) is 0 Å². The van der Waals surface area contributed by atoms with Crippen LogP contribution in [-0.4, -0.2) is 32.2 Å². The third-order valence-corrected chi connectivity index (χ3v) is 5.65. The van der Waals surface area contributed by atoms with Gasteiger partial charge in [-0.3, -0.25) is 4.79 Å². The Morgan fingerprint density at radius 2 is 1.72 bits per heavy atom. The number of sulfonamides is 1. The number of amides is 1. The van der Waals surface area contributed by atoms with Crippen molar-refractivity contribution in [3.8, 4) is 0 Å². The number of halogens is 2. The highest BCUT2D eigenvalue weighted by Gasteiger charge is 2.20. The Labute approximate surface area is 151 Å². The molecule has 0 radical (unpaired) electrons. The van der Waals surface area contributed by atoms with E-state index < -0.39 is 15.8 Å². The molecule has 2 rings (SSSR count). The second-order valence-electron chi connectivity index (χ2n) is 5.44. The highest BCUT2D eigenvalue weighted by molar-refractivity contribution is 7.89. The first kappa shape index (κ1) is 19.4. The van der Waals surface area contributed by atoms with E-state index in [2.05, 4.69) is 5.32 Å². The summed E-state index contributed by atoms with van der Waals surface area (Å²) in [6, 6.07) is 11.3. The number of carbonyl (C=O) groups is 1. The molecule has 5 nitrogen and oxygen atoms in total. The Morgan fingerprint density at radius 3 is 2.32 bits per heavy atom. The molecule has 8 heteroatoms. The number of benzene rings is 2. The van der Waals surface area contributed by atoms with Crippen molar-refractivity contribution in [3.05, 3.63) is 59.4 Å². The molecule has 0 saturated carbocycles. The van der Waals surface area contributed by atoms with Crippen LogP contribution < -0.4 is 5.32 Å². The summed E-state index contributed by atoms with van der Waals surface area (Å²) < 4.78 is 38.7. The zero-order chi connectivity index (χ0) is 18.4. The van der Waals surface area contributed by atoms with Gasteiger partial charge in [0.25, 0.3) is 0 Å². The molecular weight excluding hydrogens is 367 g/mol. The average molecular weight is 385 g/mol. The van der Waals surface area contributed by atoms with Gasteiger partial charge in [0.05, 0.1) is 4.90 Å². The minimum absolute atomic E-state index is 0.0158. The maximum Gasteiger partial charge on any atom is 0.242 e. The second-order valence-corrected chi connectivity index (χ2v) is 7.92. The van der Waals surface area contributed by atoms with E-state index in [4.69, 9.17) is 11.6 Å². The van der Waals surface area contributed by atoms with Crippen molar-refractivity contribution in [2.45, 2.75) is 17.7 Å². The lowest BCUT2D eigenvalue weighted by Crippen LogP contribution is -2.28. The van der Waals surface area contributed by atoms with E-state index in [9.17, 15) is 17.6 Å². The molecule has 2 aromatic rings. The van der Waals surface area contributed by atoms with Gasteiger partial charge >= 0.3 is 0 Å². The number of hydrogen-bond acceptors (Lipinski definition) is 3. The summed E-state index contributed by atoms with van der Waals surface area (Å²) in [7, 11) is -2.27. The first-order valence-electron chi connectivity index (χ1n) is 7.56. The third-order valence-electron chi connectivity index (χ3n) is 3.53. The van der Waals surface area contributed by atoms with Crippen LogP contribution >= 0.6 is 11.6 Å². The third kappa shape index (κ3) is 5.52. The number of carbonyl (C=O) groups excluding carboxylic acids is 1. The topological polar surface area (TPSA) is 66.5 Å². The second kappa shape index (κ2) is 8.42. The minimum atomic E-state index is -3.70. The summed E-state index contributed by atoms with van der Waals surface area (Å²) in [6.07, 6.45) is 0.530. The van der Waals surface area contributed by atoms with E-state index in [0.717, 1.165) is 16.4 Å². The lowest BCUT2D eigenvalue weighted by atomic mass is 10.2. The van der Waals surface area contributed by atoms with Crippen molar-refractivity contribution in [1.29, 1.82) is 0 Å². The van der Waals surface area contributed by atoms with Crippen molar-refractivity contribution in [2.75, 3.05) is 18.9 Å². The Morgan fingerprint density at radius 1 is 1.12 bits per heavy atom. The molecular formula is C17H18ClFN2O3S. The van der Waals surface area contributed by atoms with Gasteiger partial charge in [0.1, 0.15) is 5.82 Å². The van der Waals surface area contributed by atoms with Crippen LogP contribution in [0.4, 0.5) is 10.1 Å². The van der Waals surface area contributed by atoms with Gasteiger partial charge in [0, 0.05) is 30.7 Å². The summed E-state index contributed by atoms with van der Waals surface area (Å²) in [5.74, 6) is -0.713. The lowest BCUT2D eigenvalue weighted by Gasteiger charge is -2.17. The number of nitrogens with one attached hydrogen (secondary N) is 1. The monoisotopic (exact) mass is 384 g/mol. The Hall–Kier alpha value is -1.96. The maximum atomic E-state index is 12.9. The predicted octanol–water partition coefficient (Wildman–Crippen LogP) is 3.52. The summed E-state index contributed by atoms with van der Waals surface area (Å²) in [5.41, 5.74) is 0.627. The van der Waals surface area contributed by atoms with Crippen molar-refractivity contribution >= 4 is 33.2 Å². The molecule has 0 saturated heterocycles. The highest BCUT2D eigenvalue weighted by atomic mass is 35.5. The van der Waals surface area contributed by atoms with Gasteiger partial charge < -0.3 is 5.32 Å². The first-order valence-corrected chi connectivity index (χ1v) is 9.38. The van der Waals surface area contributed by atoms with E-state index in [1.807, 2.05) is 0 Å². The van der Waals surface area contributed by atoms with Gasteiger partial charge in [0.2, 0.25) is 15.9 Å².